The zero-order valence-corrected chi connectivity index (χ0v) is 10.6. The van der Waals surface area contributed by atoms with Crippen molar-refractivity contribution < 1.29 is 19.4 Å². The van der Waals surface area contributed by atoms with Crippen LogP contribution in [0, 0.1) is 0 Å². The van der Waals surface area contributed by atoms with Crippen molar-refractivity contribution >= 4 is 11.8 Å². The van der Waals surface area contributed by atoms with Crippen LogP contribution in [-0.4, -0.2) is 56.6 Å². The minimum Gasteiger partial charge on any atom is -0.477 e. The first-order chi connectivity index (χ1) is 8.65. The lowest BCUT2D eigenvalue weighted by Crippen LogP contribution is -2.24. The number of anilines is 1. The number of hydrogen-bond donors (Lipinski definition) is 1. The summed E-state index contributed by atoms with van der Waals surface area (Å²) >= 11 is 0. The number of nitrogens with zero attached hydrogens (tertiary/aromatic N) is 2. The Labute approximate surface area is 106 Å². The Morgan fingerprint density at radius 1 is 1.39 bits per heavy atom. The second-order valence-corrected chi connectivity index (χ2v) is 3.71. The van der Waals surface area contributed by atoms with E-state index < -0.39 is 5.97 Å². The Hall–Kier alpha value is -1.66. The van der Waals surface area contributed by atoms with Crippen molar-refractivity contribution in [1.82, 2.24) is 4.98 Å². The quantitative estimate of drug-likeness (QED) is 0.694. The monoisotopic (exact) mass is 254 g/mol. The summed E-state index contributed by atoms with van der Waals surface area (Å²) in [4.78, 5) is 16.7. The highest BCUT2D eigenvalue weighted by Gasteiger charge is 2.07. The Bertz CT molecular complexity index is 384. The standard InChI is InChI=1S/C12H18N2O4/c1-14(6-7-18-9-8-17-2)11-5-3-4-10(13-11)12(15)16/h3-5H,6-9H2,1-2H3,(H,15,16). The maximum absolute atomic E-state index is 10.8. The lowest BCUT2D eigenvalue weighted by Gasteiger charge is -2.18. The molecule has 1 heterocycles. The molecule has 1 aromatic heterocycles. The number of methoxy groups -OCH3 is 1. The lowest BCUT2D eigenvalue weighted by molar-refractivity contribution is 0.0690. The van der Waals surface area contributed by atoms with Crippen molar-refractivity contribution in [2.75, 3.05) is 45.4 Å². The minimum absolute atomic E-state index is 0.0413. The van der Waals surface area contributed by atoms with Crippen LogP contribution in [0.3, 0.4) is 0 Å². The molecule has 0 spiro atoms. The molecule has 0 radical (unpaired) electrons. The molecule has 6 heteroatoms. The number of aromatic carboxylic acids is 1. The smallest absolute Gasteiger partial charge is 0.354 e. The largest absolute Gasteiger partial charge is 0.477 e. The highest BCUT2D eigenvalue weighted by atomic mass is 16.5. The van der Waals surface area contributed by atoms with Gasteiger partial charge < -0.3 is 19.5 Å². The molecule has 1 aromatic rings. The summed E-state index contributed by atoms with van der Waals surface area (Å²) in [5.41, 5.74) is 0.0413. The van der Waals surface area contributed by atoms with Crippen LogP contribution < -0.4 is 4.90 Å². The van der Waals surface area contributed by atoms with Gasteiger partial charge in [-0.15, -0.1) is 0 Å². The number of hydrogen-bond acceptors (Lipinski definition) is 5. The number of carboxylic acids is 1. The summed E-state index contributed by atoms with van der Waals surface area (Å²) in [5, 5.41) is 8.84. The SMILES string of the molecule is COCCOCCN(C)c1cccc(C(=O)O)n1. The molecule has 1 rings (SSSR count). The molecular formula is C12H18N2O4. The van der Waals surface area contributed by atoms with E-state index in [0.717, 1.165) is 0 Å². The molecule has 0 saturated heterocycles. The predicted molar refractivity (Wildman–Crippen MR) is 67.2 cm³/mol. The van der Waals surface area contributed by atoms with E-state index in [2.05, 4.69) is 4.98 Å². The van der Waals surface area contributed by atoms with Gasteiger partial charge in [0.15, 0.2) is 5.69 Å². The third kappa shape index (κ3) is 4.68. The Morgan fingerprint density at radius 3 is 2.83 bits per heavy atom. The van der Waals surface area contributed by atoms with Gasteiger partial charge in [0.05, 0.1) is 19.8 Å². The summed E-state index contributed by atoms with van der Waals surface area (Å²) in [7, 11) is 3.46. The molecule has 18 heavy (non-hydrogen) atoms. The molecule has 0 aliphatic heterocycles. The van der Waals surface area contributed by atoms with Crippen LogP contribution in [0.1, 0.15) is 10.5 Å². The molecule has 0 aromatic carbocycles. The zero-order chi connectivity index (χ0) is 13.4. The van der Waals surface area contributed by atoms with E-state index in [1.165, 1.54) is 6.07 Å². The van der Waals surface area contributed by atoms with E-state index >= 15 is 0 Å². The first-order valence-electron chi connectivity index (χ1n) is 5.63. The summed E-state index contributed by atoms with van der Waals surface area (Å²) in [5.74, 6) is -0.410. The molecule has 0 amide bonds. The summed E-state index contributed by atoms with van der Waals surface area (Å²) in [6.07, 6.45) is 0. The normalized spacial score (nSPS) is 10.3. The van der Waals surface area contributed by atoms with Gasteiger partial charge in [0.25, 0.3) is 0 Å². The average Bonchev–Trinajstić information content (AvgIpc) is 2.38. The van der Waals surface area contributed by atoms with Gasteiger partial charge in [0.1, 0.15) is 5.82 Å². The maximum atomic E-state index is 10.8. The van der Waals surface area contributed by atoms with Gasteiger partial charge in [0.2, 0.25) is 0 Å². The highest BCUT2D eigenvalue weighted by Crippen LogP contribution is 2.09. The maximum Gasteiger partial charge on any atom is 0.354 e. The molecule has 100 valence electrons. The van der Waals surface area contributed by atoms with Crippen LogP contribution >= 0.6 is 0 Å². The number of carboxylic acid groups (broad SMARTS) is 1. The molecule has 0 atom stereocenters. The van der Waals surface area contributed by atoms with Crippen molar-refractivity contribution in [3.05, 3.63) is 23.9 Å². The average molecular weight is 254 g/mol. The Morgan fingerprint density at radius 2 is 2.17 bits per heavy atom. The Balaban J connectivity index is 2.43. The van der Waals surface area contributed by atoms with E-state index in [1.54, 1.807) is 19.2 Å². The molecule has 0 unspecified atom stereocenters. The molecular weight excluding hydrogens is 236 g/mol. The number of likely N-dealkylation sites (N-methyl/N-ethyl adjacent to an activating group) is 1. The number of ether oxygens (including phenoxy) is 2. The van der Waals surface area contributed by atoms with E-state index in [0.29, 0.717) is 32.2 Å². The lowest BCUT2D eigenvalue weighted by atomic mass is 10.3. The summed E-state index contributed by atoms with van der Waals surface area (Å²) in [6.45, 7) is 2.29. The summed E-state index contributed by atoms with van der Waals surface area (Å²) in [6, 6.07) is 4.91. The molecule has 0 saturated carbocycles. The first-order valence-corrected chi connectivity index (χ1v) is 5.63. The highest BCUT2D eigenvalue weighted by molar-refractivity contribution is 5.85. The van der Waals surface area contributed by atoms with Crippen LogP contribution in [0.5, 0.6) is 0 Å². The summed E-state index contributed by atoms with van der Waals surface area (Å²) < 4.78 is 10.2. The van der Waals surface area contributed by atoms with Crippen LogP contribution in [0.25, 0.3) is 0 Å². The molecule has 6 nitrogen and oxygen atoms in total. The fraction of sp³-hybridized carbons (Fsp3) is 0.500. The molecule has 0 bridgehead atoms. The fourth-order valence-corrected chi connectivity index (χ4v) is 1.32. The van der Waals surface area contributed by atoms with Crippen LogP contribution in [-0.2, 0) is 9.47 Å². The van der Waals surface area contributed by atoms with Gasteiger partial charge in [-0.1, -0.05) is 6.07 Å². The third-order valence-corrected chi connectivity index (χ3v) is 2.35. The van der Waals surface area contributed by atoms with Gasteiger partial charge in [0, 0.05) is 20.7 Å². The van der Waals surface area contributed by atoms with Crippen LogP contribution in [0.4, 0.5) is 5.82 Å². The van der Waals surface area contributed by atoms with E-state index in [1.807, 2.05) is 11.9 Å². The second kappa shape index (κ2) is 7.62. The van der Waals surface area contributed by atoms with Crippen molar-refractivity contribution in [3.8, 4) is 0 Å². The van der Waals surface area contributed by atoms with Crippen LogP contribution in [0.15, 0.2) is 18.2 Å². The Kier molecular flexibility index (Phi) is 6.10. The first kappa shape index (κ1) is 14.4. The van der Waals surface area contributed by atoms with Crippen molar-refractivity contribution in [3.63, 3.8) is 0 Å². The molecule has 0 fully saturated rings. The van der Waals surface area contributed by atoms with Gasteiger partial charge >= 0.3 is 5.97 Å². The van der Waals surface area contributed by atoms with Crippen molar-refractivity contribution in [2.45, 2.75) is 0 Å². The van der Waals surface area contributed by atoms with E-state index in [4.69, 9.17) is 14.6 Å². The number of rotatable bonds is 8. The molecule has 0 aliphatic rings. The zero-order valence-electron chi connectivity index (χ0n) is 10.6. The third-order valence-electron chi connectivity index (χ3n) is 2.35. The number of pyridine rings is 1. The van der Waals surface area contributed by atoms with E-state index in [-0.39, 0.29) is 5.69 Å². The van der Waals surface area contributed by atoms with Gasteiger partial charge in [-0.3, -0.25) is 0 Å². The fourth-order valence-electron chi connectivity index (χ4n) is 1.32. The minimum atomic E-state index is -1.03. The van der Waals surface area contributed by atoms with Crippen molar-refractivity contribution in [2.24, 2.45) is 0 Å². The van der Waals surface area contributed by atoms with Gasteiger partial charge in [-0.05, 0) is 12.1 Å². The molecule has 1 N–H and O–H groups in total. The van der Waals surface area contributed by atoms with E-state index in [9.17, 15) is 4.79 Å². The topological polar surface area (TPSA) is 71.9 Å². The number of aromatic nitrogens is 1. The van der Waals surface area contributed by atoms with Gasteiger partial charge in [-0.2, -0.15) is 0 Å². The molecule has 0 aliphatic carbocycles. The van der Waals surface area contributed by atoms with Crippen molar-refractivity contribution in [1.29, 1.82) is 0 Å². The van der Waals surface area contributed by atoms with Crippen LogP contribution in [0.2, 0.25) is 0 Å². The second-order valence-electron chi connectivity index (χ2n) is 3.71. The predicted octanol–water partition coefficient (Wildman–Crippen LogP) is 0.879. The number of carbonyl (C=O) groups is 1. The van der Waals surface area contributed by atoms with Gasteiger partial charge in [-0.25, -0.2) is 9.78 Å².